The van der Waals surface area contributed by atoms with E-state index in [1.54, 1.807) is 18.2 Å². The van der Waals surface area contributed by atoms with Crippen molar-refractivity contribution in [2.45, 2.75) is 19.6 Å². The first-order chi connectivity index (χ1) is 11.8. The lowest BCUT2D eigenvalue weighted by atomic mass is 10.1. The van der Waals surface area contributed by atoms with Crippen LogP contribution in [0, 0.1) is 6.92 Å². The molecule has 8 heteroatoms. The normalized spacial score (nSPS) is 16.2. The minimum Gasteiger partial charge on any atom is -0.379 e. The van der Waals surface area contributed by atoms with Crippen molar-refractivity contribution in [3.63, 3.8) is 0 Å². The smallest absolute Gasteiger partial charge is 0.379 e. The lowest BCUT2D eigenvalue weighted by Gasteiger charge is -2.26. The fraction of sp³-hybridized carbons (Fsp3) is 0.412. The number of aromatic amines is 1. The second-order valence-corrected chi connectivity index (χ2v) is 5.97. The van der Waals surface area contributed by atoms with E-state index in [2.05, 4.69) is 14.9 Å². The molecule has 0 amide bonds. The molecule has 134 valence electrons. The highest BCUT2D eigenvalue weighted by atomic mass is 19.4. The first kappa shape index (κ1) is 17.6. The molecule has 0 bridgehead atoms. The van der Waals surface area contributed by atoms with Crippen LogP contribution in [0.25, 0.3) is 11.4 Å². The molecule has 2 aromatic rings. The second-order valence-electron chi connectivity index (χ2n) is 5.97. The molecule has 0 aliphatic carbocycles. The van der Waals surface area contributed by atoms with Crippen LogP contribution in [0.3, 0.4) is 0 Å². The van der Waals surface area contributed by atoms with E-state index in [0.717, 1.165) is 25.6 Å². The van der Waals surface area contributed by atoms with Gasteiger partial charge in [-0.2, -0.15) is 13.2 Å². The minimum atomic E-state index is -4.67. The molecule has 1 aliphatic heterocycles. The molecule has 0 spiro atoms. The molecule has 0 unspecified atom stereocenters. The van der Waals surface area contributed by atoms with Crippen LogP contribution in [0.2, 0.25) is 0 Å². The van der Waals surface area contributed by atoms with Gasteiger partial charge in [-0.15, -0.1) is 0 Å². The molecule has 1 aromatic heterocycles. The van der Waals surface area contributed by atoms with E-state index in [4.69, 9.17) is 4.74 Å². The Balaban J connectivity index is 1.93. The van der Waals surface area contributed by atoms with Gasteiger partial charge in [-0.3, -0.25) is 9.69 Å². The number of benzene rings is 1. The van der Waals surface area contributed by atoms with Gasteiger partial charge in [0.15, 0.2) is 5.69 Å². The Morgan fingerprint density at radius 1 is 1.28 bits per heavy atom. The van der Waals surface area contributed by atoms with Gasteiger partial charge in [0.25, 0.3) is 5.56 Å². The summed E-state index contributed by atoms with van der Waals surface area (Å²) >= 11 is 0. The Hall–Kier alpha value is -2.19. The second kappa shape index (κ2) is 6.97. The maximum absolute atomic E-state index is 13.1. The Morgan fingerprint density at radius 2 is 2.00 bits per heavy atom. The van der Waals surface area contributed by atoms with Crippen molar-refractivity contribution in [2.24, 2.45) is 0 Å². The first-order valence-electron chi connectivity index (χ1n) is 7.92. The predicted octanol–water partition coefficient (Wildman–Crippen LogP) is 2.60. The number of aromatic nitrogens is 2. The van der Waals surface area contributed by atoms with Crippen molar-refractivity contribution in [1.82, 2.24) is 14.9 Å². The highest BCUT2D eigenvalue weighted by Gasteiger charge is 2.36. The molecule has 1 aromatic carbocycles. The van der Waals surface area contributed by atoms with Crippen LogP contribution in [0.4, 0.5) is 13.2 Å². The predicted molar refractivity (Wildman–Crippen MR) is 86.1 cm³/mol. The summed E-state index contributed by atoms with van der Waals surface area (Å²) in [7, 11) is 0. The molecule has 0 saturated carbocycles. The van der Waals surface area contributed by atoms with Crippen LogP contribution < -0.4 is 5.56 Å². The van der Waals surface area contributed by atoms with E-state index in [1.165, 1.54) is 0 Å². The molecular formula is C17H18F3N3O2. The Labute approximate surface area is 142 Å². The standard InChI is InChI=1S/C17H18F3N3O2/c1-11-14(17(18,19)20)21-15(22-16(11)24)13-4-2-3-12(9-13)10-23-5-7-25-8-6-23/h2-4,9H,5-8,10H2,1H3,(H,21,22,24). The molecule has 1 saturated heterocycles. The van der Waals surface area contributed by atoms with Gasteiger partial charge in [0.2, 0.25) is 0 Å². The van der Waals surface area contributed by atoms with Gasteiger partial charge in [-0.1, -0.05) is 18.2 Å². The van der Waals surface area contributed by atoms with Gasteiger partial charge in [0, 0.05) is 30.8 Å². The number of rotatable bonds is 3. The van der Waals surface area contributed by atoms with E-state index < -0.39 is 23.0 Å². The molecular weight excluding hydrogens is 335 g/mol. The summed E-state index contributed by atoms with van der Waals surface area (Å²) < 4.78 is 44.5. The summed E-state index contributed by atoms with van der Waals surface area (Å²) in [5, 5.41) is 0. The highest BCUT2D eigenvalue weighted by molar-refractivity contribution is 5.56. The summed E-state index contributed by atoms with van der Waals surface area (Å²) in [6.45, 7) is 4.74. The first-order valence-corrected chi connectivity index (χ1v) is 7.92. The molecule has 3 rings (SSSR count). The van der Waals surface area contributed by atoms with Crippen molar-refractivity contribution in [3.05, 3.63) is 51.4 Å². The van der Waals surface area contributed by atoms with E-state index in [9.17, 15) is 18.0 Å². The van der Waals surface area contributed by atoms with Crippen LogP contribution in [-0.2, 0) is 17.5 Å². The molecule has 2 heterocycles. The van der Waals surface area contributed by atoms with Gasteiger partial charge in [-0.05, 0) is 18.6 Å². The fourth-order valence-electron chi connectivity index (χ4n) is 2.78. The van der Waals surface area contributed by atoms with Gasteiger partial charge in [-0.25, -0.2) is 4.98 Å². The third-order valence-electron chi connectivity index (χ3n) is 4.13. The third kappa shape index (κ3) is 4.08. The highest BCUT2D eigenvalue weighted by Crippen LogP contribution is 2.30. The summed E-state index contributed by atoms with van der Waals surface area (Å²) in [5.74, 6) is -0.0771. The van der Waals surface area contributed by atoms with Gasteiger partial charge >= 0.3 is 6.18 Å². The van der Waals surface area contributed by atoms with E-state index >= 15 is 0 Å². The number of ether oxygens (including phenoxy) is 1. The van der Waals surface area contributed by atoms with Crippen molar-refractivity contribution < 1.29 is 17.9 Å². The average Bonchev–Trinajstić information content (AvgIpc) is 2.57. The zero-order valence-corrected chi connectivity index (χ0v) is 13.7. The summed E-state index contributed by atoms with van der Waals surface area (Å²) in [6.07, 6.45) is -4.67. The van der Waals surface area contributed by atoms with E-state index in [1.807, 2.05) is 6.07 Å². The van der Waals surface area contributed by atoms with E-state index in [0.29, 0.717) is 25.3 Å². The summed E-state index contributed by atoms with van der Waals surface area (Å²) in [5.41, 5.74) is -0.967. The van der Waals surface area contributed by atoms with Crippen molar-refractivity contribution in [2.75, 3.05) is 26.3 Å². The van der Waals surface area contributed by atoms with Crippen molar-refractivity contribution in [1.29, 1.82) is 0 Å². The molecule has 1 N–H and O–H groups in total. The fourth-order valence-corrected chi connectivity index (χ4v) is 2.78. The zero-order chi connectivity index (χ0) is 18.0. The largest absolute Gasteiger partial charge is 0.433 e. The number of H-pyrrole nitrogens is 1. The van der Waals surface area contributed by atoms with Gasteiger partial charge in [0.1, 0.15) is 5.82 Å². The van der Waals surface area contributed by atoms with Crippen LogP contribution in [-0.4, -0.2) is 41.2 Å². The Bertz CT molecular complexity index is 812. The average molecular weight is 353 g/mol. The maximum Gasteiger partial charge on any atom is 0.433 e. The number of hydrogen-bond acceptors (Lipinski definition) is 4. The number of alkyl halides is 3. The summed E-state index contributed by atoms with van der Waals surface area (Å²) in [4.78, 5) is 20.2. The topological polar surface area (TPSA) is 58.2 Å². The maximum atomic E-state index is 13.1. The molecule has 1 aliphatic rings. The SMILES string of the molecule is Cc1c(C(F)(F)F)nc(-c2cccc(CN3CCOCC3)c2)[nH]c1=O. The van der Waals surface area contributed by atoms with Crippen molar-refractivity contribution >= 4 is 0 Å². The molecule has 5 nitrogen and oxygen atoms in total. The molecule has 0 radical (unpaired) electrons. The number of halogens is 3. The molecule has 25 heavy (non-hydrogen) atoms. The van der Waals surface area contributed by atoms with Crippen LogP contribution in [0.1, 0.15) is 16.8 Å². The van der Waals surface area contributed by atoms with Crippen LogP contribution in [0.15, 0.2) is 29.1 Å². The third-order valence-corrected chi connectivity index (χ3v) is 4.13. The van der Waals surface area contributed by atoms with Crippen LogP contribution in [0.5, 0.6) is 0 Å². The van der Waals surface area contributed by atoms with Crippen LogP contribution >= 0.6 is 0 Å². The number of nitrogens with zero attached hydrogens (tertiary/aromatic N) is 2. The molecule has 1 fully saturated rings. The van der Waals surface area contributed by atoms with Crippen molar-refractivity contribution in [3.8, 4) is 11.4 Å². The zero-order valence-electron chi connectivity index (χ0n) is 13.7. The quantitative estimate of drug-likeness (QED) is 0.922. The number of morpholine rings is 1. The molecule has 0 atom stereocenters. The minimum absolute atomic E-state index is 0.0771. The summed E-state index contributed by atoms with van der Waals surface area (Å²) in [6, 6.07) is 7.04. The Morgan fingerprint density at radius 3 is 2.68 bits per heavy atom. The number of hydrogen-bond donors (Lipinski definition) is 1. The monoisotopic (exact) mass is 353 g/mol. The lowest BCUT2D eigenvalue weighted by Crippen LogP contribution is -2.35. The van der Waals surface area contributed by atoms with Gasteiger partial charge < -0.3 is 9.72 Å². The Kier molecular flexibility index (Phi) is 4.91. The van der Waals surface area contributed by atoms with E-state index in [-0.39, 0.29) is 5.82 Å². The lowest BCUT2D eigenvalue weighted by molar-refractivity contribution is -0.141. The van der Waals surface area contributed by atoms with Gasteiger partial charge in [0.05, 0.1) is 13.2 Å². The number of nitrogens with one attached hydrogen (secondary N) is 1.